The van der Waals surface area contributed by atoms with Gasteiger partial charge in [0.05, 0.1) is 13.7 Å². The number of aryl methyl sites for hydroxylation is 1. The van der Waals surface area contributed by atoms with Gasteiger partial charge in [-0.2, -0.15) is 0 Å². The van der Waals surface area contributed by atoms with E-state index in [9.17, 15) is 4.79 Å². The van der Waals surface area contributed by atoms with Crippen LogP contribution in [0, 0.1) is 6.92 Å². The average Bonchev–Trinajstić information content (AvgIpc) is 2.46. The van der Waals surface area contributed by atoms with E-state index in [4.69, 9.17) is 9.47 Å². The topological polar surface area (TPSA) is 35.5 Å². The molecule has 0 fully saturated rings. The first-order valence-corrected chi connectivity index (χ1v) is 6.92. The maximum atomic E-state index is 12.3. The van der Waals surface area contributed by atoms with Crippen LogP contribution >= 0.6 is 0 Å². The highest BCUT2D eigenvalue weighted by atomic mass is 16.5. The Balaban J connectivity index is 2.48. The van der Waals surface area contributed by atoms with E-state index in [1.807, 2.05) is 37.3 Å². The van der Waals surface area contributed by atoms with E-state index in [2.05, 4.69) is 6.92 Å². The Labute approximate surface area is 119 Å². The van der Waals surface area contributed by atoms with Crippen LogP contribution in [0.2, 0.25) is 0 Å². The minimum absolute atomic E-state index is 0.313. The van der Waals surface area contributed by atoms with Gasteiger partial charge >= 0.3 is 5.97 Å². The van der Waals surface area contributed by atoms with Gasteiger partial charge in [0.15, 0.2) is 0 Å². The van der Waals surface area contributed by atoms with E-state index in [0.29, 0.717) is 17.9 Å². The summed E-state index contributed by atoms with van der Waals surface area (Å²) in [5.41, 5.74) is 1.65. The second kappa shape index (κ2) is 6.42. The van der Waals surface area contributed by atoms with Gasteiger partial charge in [-0.3, -0.25) is 0 Å². The largest absolute Gasteiger partial charge is 0.496 e. The first kappa shape index (κ1) is 14.4. The highest BCUT2D eigenvalue weighted by Crippen LogP contribution is 2.30. The SMILES string of the molecule is CCCCOC(=O)c1c(OC)ccc2c(C)cccc12. The highest BCUT2D eigenvalue weighted by Gasteiger charge is 2.18. The van der Waals surface area contributed by atoms with E-state index in [1.54, 1.807) is 7.11 Å². The Morgan fingerprint density at radius 1 is 1.15 bits per heavy atom. The van der Waals surface area contributed by atoms with E-state index in [-0.39, 0.29) is 5.97 Å². The van der Waals surface area contributed by atoms with Crippen LogP contribution in [0.15, 0.2) is 30.3 Å². The number of rotatable bonds is 5. The third-order valence-electron chi connectivity index (χ3n) is 3.40. The molecule has 2 aromatic carbocycles. The second-order valence-corrected chi connectivity index (χ2v) is 4.80. The number of carbonyl (C=O) groups is 1. The lowest BCUT2D eigenvalue weighted by Gasteiger charge is -2.12. The van der Waals surface area contributed by atoms with Crippen LogP contribution in [-0.2, 0) is 4.74 Å². The number of carbonyl (C=O) groups excluding carboxylic acids is 1. The summed E-state index contributed by atoms with van der Waals surface area (Å²) in [6.07, 6.45) is 1.87. The van der Waals surface area contributed by atoms with Crippen LogP contribution in [0.3, 0.4) is 0 Å². The van der Waals surface area contributed by atoms with Crippen LogP contribution in [0.1, 0.15) is 35.7 Å². The Hall–Kier alpha value is -2.03. The van der Waals surface area contributed by atoms with Crippen LogP contribution in [0.5, 0.6) is 5.75 Å². The third-order valence-corrected chi connectivity index (χ3v) is 3.40. The lowest BCUT2D eigenvalue weighted by Crippen LogP contribution is -2.09. The number of unbranched alkanes of at least 4 members (excludes halogenated alkanes) is 1. The van der Waals surface area contributed by atoms with Crippen LogP contribution in [-0.4, -0.2) is 19.7 Å². The molecule has 0 N–H and O–H groups in total. The van der Waals surface area contributed by atoms with Crippen molar-refractivity contribution in [2.24, 2.45) is 0 Å². The van der Waals surface area contributed by atoms with Gasteiger partial charge < -0.3 is 9.47 Å². The fourth-order valence-corrected chi connectivity index (χ4v) is 2.26. The van der Waals surface area contributed by atoms with Crippen LogP contribution in [0.4, 0.5) is 0 Å². The molecular formula is C17H20O3. The van der Waals surface area contributed by atoms with Crippen molar-refractivity contribution in [1.29, 1.82) is 0 Å². The second-order valence-electron chi connectivity index (χ2n) is 4.80. The summed E-state index contributed by atoms with van der Waals surface area (Å²) in [7, 11) is 1.57. The van der Waals surface area contributed by atoms with Crippen molar-refractivity contribution in [2.45, 2.75) is 26.7 Å². The lowest BCUT2D eigenvalue weighted by molar-refractivity contribution is 0.0498. The molecule has 0 atom stereocenters. The number of hydrogen-bond acceptors (Lipinski definition) is 3. The fourth-order valence-electron chi connectivity index (χ4n) is 2.26. The molecule has 20 heavy (non-hydrogen) atoms. The van der Waals surface area contributed by atoms with Gasteiger partial charge in [-0.25, -0.2) is 4.79 Å². The maximum Gasteiger partial charge on any atom is 0.342 e. The highest BCUT2D eigenvalue weighted by molar-refractivity contribution is 6.07. The summed E-state index contributed by atoms with van der Waals surface area (Å²) in [5, 5.41) is 1.93. The zero-order chi connectivity index (χ0) is 14.5. The summed E-state index contributed by atoms with van der Waals surface area (Å²) < 4.78 is 10.7. The van der Waals surface area contributed by atoms with E-state index in [1.165, 1.54) is 0 Å². The summed E-state index contributed by atoms with van der Waals surface area (Å²) in [5.74, 6) is 0.246. The average molecular weight is 272 g/mol. The maximum absolute atomic E-state index is 12.3. The zero-order valence-electron chi connectivity index (χ0n) is 12.2. The van der Waals surface area contributed by atoms with Gasteiger partial charge in [-0.1, -0.05) is 37.6 Å². The zero-order valence-corrected chi connectivity index (χ0v) is 12.2. The van der Waals surface area contributed by atoms with Gasteiger partial charge in [0.2, 0.25) is 0 Å². The minimum Gasteiger partial charge on any atom is -0.496 e. The van der Waals surface area contributed by atoms with E-state index < -0.39 is 0 Å². The molecule has 0 aliphatic heterocycles. The predicted molar refractivity (Wildman–Crippen MR) is 80.4 cm³/mol. The molecule has 0 aliphatic carbocycles. The van der Waals surface area contributed by atoms with Gasteiger partial charge in [0.25, 0.3) is 0 Å². The van der Waals surface area contributed by atoms with Crippen molar-refractivity contribution >= 4 is 16.7 Å². The van der Waals surface area contributed by atoms with E-state index in [0.717, 1.165) is 29.2 Å². The van der Waals surface area contributed by atoms with Crippen molar-refractivity contribution in [1.82, 2.24) is 0 Å². The van der Waals surface area contributed by atoms with E-state index >= 15 is 0 Å². The number of hydrogen-bond donors (Lipinski definition) is 0. The van der Waals surface area contributed by atoms with Gasteiger partial charge in [-0.15, -0.1) is 0 Å². The standard InChI is InChI=1S/C17H20O3/c1-4-5-11-20-17(18)16-14-8-6-7-12(2)13(14)9-10-15(16)19-3/h6-10H,4-5,11H2,1-3H3. The fraction of sp³-hybridized carbons (Fsp3) is 0.353. The molecule has 0 aromatic heterocycles. The van der Waals surface area contributed by atoms with Gasteiger partial charge in [-0.05, 0) is 30.4 Å². The quantitative estimate of drug-likeness (QED) is 0.607. The molecule has 2 aromatic rings. The molecule has 3 heteroatoms. The Morgan fingerprint density at radius 3 is 2.65 bits per heavy atom. The molecule has 0 bridgehead atoms. The molecule has 0 unspecified atom stereocenters. The molecular weight excluding hydrogens is 252 g/mol. The van der Waals surface area contributed by atoms with Crippen molar-refractivity contribution in [2.75, 3.05) is 13.7 Å². The summed E-state index contributed by atoms with van der Waals surface area (Å²) in [6.45, 7) is 4.54. The molecule has 0 saturated carbocycles. The molecule has 3 nitrogen and oxygen atoms in total. The van der Waals surface area contributed by atoms with Crippen molar-refractivity contribution in [3.05, 3.63) is 41.5 Å². The van der Waals surface area contributed by atoms with Gasteiger partial charge in [0.1, 0.15) is 11.3 Å². The molecule has 2 rings (SSSR count). The number of ether oxygens (including phenoxy) is 2. The van der Waals surface area contributed by atoms with Crippen LogP contribution in [0.25, 0.3) is 10.8 Å². The monoisotopic (exact) mass is 272 g/mol. The normalized spacial score (nSPS) is 10.6. The predicted octanol–water partition coefficient (Wildman–Crippen LogP) is 4.11. The third kappa shape index (κ3) is 2.77. The molecule has 0 saturated heterocycles. The molecule has 106 valence electrons. The molecule has 0 heterocycles. The lowest BCUT2D eigenvalue weighted by atomic mass is 10.00. The Bertz CT molecular complexity index is 617. The number of fused-ring (bicyclic) bond motifs is 1. The summed E-state index contributed by atoms with van der Waals surface area (Å²) >= 11 is 0. The Morgan fingerprint density at radius 2 is 1.95 bits per heavy atom. The molecule has 0 aliphatic rings. The smallest absolute Gasteiger partial charge is 0.342 e. The van der Waals surface area contributed by atoms with Crippen molar-refractivity contribution in [3.8, 4) is 5.75 Å². The molecule has 0 radical (unpaired) electrons. The molecule has 0 amide bonds. The van der Waals surface area contributed by atoms with Crippen molar-refractivity contribution in [3.63, 3.8) is 0 Å². The summed E-state index contributed by atoms with van der Waals surface area (Å²) in [6, 6.07) is 9.71. The minimum atomic E-state index is -0.313. The summed E-state index contributed by atoms with van der Waals surface area (Å²) in [4.78, 5) is 12.3. The van der Waals surface area contributed by atoms with Crippen LogP contribution < -0.4 is 4.74 Å². The first-order chi connectivity index (χ1) is 9.69. The number of benzene rings is 2. The number of methoxy groups -OCH3 is 1. The Kier molecular flexibility index (Phi) is 4.61. The first-order valence-electron chi connectivity index (χ1n) is 6.92. The molecule has 0 spiro atoms. The van der Waals surface area contributed by atoms with Gasteiger partial charge in [0, 0.05) is 5.39 Å². The number of esters is 1. The van der Waals surface area contributed by atoms with Crippen molar-refractivity contribution < 1.29 is 14.3 Å².